The standard InChI is InChI=1S/C12H13ClN2O2S2/c1-19(16,17)12-14-6-7-15(12)9-18-8-10-2-4-11(13)5-3-10/h2-7H,8-9H2,1H3. The number of thioether (sulfide) groups is 1. The summed E-state index contributed by atoms with van der Waals surface area (Å²) in [4.78, 5) is 3.87. The van der Waals surface area contributed by atoms with Crippen molar-refractivity contribution in [2.75, 3.05) is 6.26 Å². The van der Waals surface area contributed by atoms with Crippen LogP contribution in [0.3, 0.4) is 0 Å². The Morgan fingerprint density at radius 3 is 2.63 bits per heavy atom. The first kappa shape index (κ1) is 14.4. The average molecular weight is 317 g/mol. The van der Waals surface area contributed by atoms with Gasteiger partial charge in [0.05, 0.1) is 5.88 Å². The van der Waals surface area contributed by atoms with Gasteiger partial charge in [-0.15, -0.1) is 11.8 Å². The Labute approximate surface area is 121 Å². The number of rotatable bonds is 5. The highest BCUT2D eigenvalue weighted by atomic mass is 35.5. The predicted molar refractivity (Wildman–Crippen MR) is 78.1 cm³/mol. The molecular weight excluding hydrogens is 304 g/mol. The maximum atomic E-state index is 11.5. The molecule has 0 aliphatic carbocycles. The van der Waals surface area contributed by atoms with Crippen LogP contribution in [0.2, 0.25) is 5.02 Å². The van der Waals surface area contributed by atoms with Crippen molar-refractivity contribution >= 4 is 33.2 Å². The van der Waals surface area contributed by atoms with E-state index in [1.54, 1.807) is 22.5 Å². The third-order valence-corrected chi connectivity index (χ3v) is 4.67. The molecule has 102 valence electrons. The number of hydrogen-bond acceptors (Lipinski definition) is 4. The molecule has 0 radical (unpaired) electrons. The molecule has 0 saturated carbocycles. The summed E-state index contributed by atoms with van der Waals surface area (Å²) in [6.07, 6.45) is 4.33. The zero-order valence-electron chi connectivity index (χ0n) is 10.3. The number of halogens is 1. The van der Waals surface area contributed by atoms with Gasteiger partial charge in [-0.05, 0) is 17.7 Å². The summed E-state index contributed by atoms with van der Waals surface area (Å²) in [7, 11) is -3.27. The Bertz CT molecular complexity index is 651. The Morgan fingerprint density at radius 2 is 2.00 bits per heavy atom. The zero-order chi connectivity index (χ0) is 13.9. The van der Waals surface area contributed by atoms with Crippen LogP contribution in [-0.4, -0.2) is 24.2 Å². The van der Waals surface area contributed by atoms with Crippen molar-refractivity contribution in [2.45, 2.75) is 16.8 Å². The van der Waals surface area contributed by atoms with Crippen molar-refractivity contribution in [3.05, 3.63) is 47.2 Å². The van der Waals surface area contributed by atoms with Gasteiger partial charge in [-0.1, -0.05) is 23.7 Å². The fourth-order valence-corrected chi connectivity index (χ4v) is 3.50. The molecule has 19 heavy (non-hydrogen) atoms. The van der Waals surface area contributed by atoms with Crippen molar-refractivity contribution in [3.63, 3.8) is 0 Å². The highest BCUT2D eigenvalue weighted by Crippen LogP contribution is 2.18. The van der Waals surface area contributed by atoms with Crippen molar-refractivity contribution in [3.8, 4) is 0 Å². The smallest absolute Gasteiger partial charge is 0.228 e. The number of sulfone groups is 1. The third-order valence-electron chi connectivity index (χ3n) is 2.42. The largest absolute Gasteiger partial charge is 0.312 e. The normalized spacial score (nSPS) is 11.7. The molecule has 0 bridgehead atoms. The summed E-state index contributed by atoms with van der Waals surface area (Å²) >= 11 is 7.43. The lowest BCUT2D eigenvalue weighted by atomic mass is 10.2. The van der Waals surface area contributed by atoms with Gasteiger partial charge in [0.1, 0.15) is 0 Å². The Balaban J connectivity index is 1.97. The second-order valence-electron chi connectivity index (χ2n) is 4.06. The molecule has 0 fully saturated rings. The number of benzene rings is 1. The van der Waals surface area contributed by atoms with Crippen LogP contribution < -0.4 is 0 Å². The van der Waals surface area contributed by atoms with Gasteiger partial charge in [0.2, 0.25) is 15.0 Å². The van der Waals surface area contributed by atoms with Gasteiger partial charge in [0, 0.05) is 29.4 Å². The summed E-state index contributed by atoms with van der Waals surface area (Å²) in [5.74, 6) is 1.34. The van der Waals surface area contributed by atoms with E-state index in [4.69, 9.17) is 11.6 Å². The molecule has 7 heteroatoms. The molecule has 0 amide bonds. The van der Waals surface area contributed by atoms with Gasteiger partial charge in [-0.3, -0.25) is 0 Å². The SMILES string of the molecule is CS(=O)(=O)c1nccn1CSCc1ccc(Cl)cc1. The van der Waals surface area contributed by atoms with E-state index in [0.717, 1.165) is 17.6 Å². The molecule has 1 aromatic heterocycles. The fourth-order valence-electron chi connectivity index (χ4n) is 1.56. The number of hydrogen-bond donors (Lipinski definition) is 0. The average Bonchev–Trinajstić information content (AvgIpc) is 2.80. The minimum Gasteiger partial charge on any atom is -0.312 e. The summed E-state index contributed by atoms with van der Waals surface area (Å²) in [6, 6.07) is 7.61. The molecule has 0 unspecified atom stereocenters. The van der Waals surface area contributed by atoms with E-state index >= 15 is 0 Å². The van der Waals surface area contributed by atoms with E-state index in [0.29, 0.717) is 10.9 Å². The second kappa shape index (κ2) is 5.98. The lowest BCUT2D eigenvalue weighted by Gasteiger charge is -2.06. The van der Waals surface area contributed by atoms with E-state index < -0.39 is 9.84 Å². The van der Waals surface area contributed by atoms with Crippen LogP contribution in [0.1, 0.15) is 5.56 Å². The molecule has 2 aromatic rings. The van der Waals surface area contributed by atoms with E-state index in [-0.39, 0.29) is 5.16 Å². The van der Waals surface area contributed by atoms with Crippen LogP contribution in [0.25, 0.3) is 0 Å². The zero-order valence-corrected chi connectivity index (χ0v) is 12.7. The predicted octanol–water partition coefficient (Wildman–Crippen LogP) is 2.83. The number of aromatic nitrogens is 2. The summed E-state index contributed by atoms with van der Waals surface area (Å²) < 4.78 is 24.6. The minimum absolute atomic E-state index is 0.108. The first-order chi connectivity index (χ1) is 8.97. The van der Waals surface area contributed by atoms with Gasteiger partial charge in [0.15, 0.2) is 0 Å². The lowest BCUT2D eigenvalue weighted by Crippen LogP contribution is -2.07. The number of imidazole rings is 1. The van der Waals surface area contributed by atoms with Crippen LogP contribution in [0.15, 0.2) is 41.8 Å². The second-order valence-corrected chi connectivity index (χ2v) is 7.36. The summed E-state index contributed by atoms with van der Waals surface area (Å²) in [5.41, 5.74) is 1.15. The lowest BCUT2D eigenvalue weighted by molar-refractivity contribution is 0.584. The van der Waals surface area contributed by atoms with E-state index in [1.807, 2.05) is 24.3 Å². The van der Waals surface area contributed by atoms with Gasteiger partial charge in [-0.2, -0.15) is 0 Å². The molecule has 0 spiro atoms. The maximum Gasteiger partial charge on any atom is 0.228 e. The van der Waals surface area contributed by atoms with Crippen LogP contribution in [-0.2, 0) is 21.5 Å². The van der Waals surface area contributed by atoms with Crippen LogP contribution in [0.4, 0.5) is 0 Å². The quantitative estimate of drug-likeness (QED) is 0.851. The fraction of sp³-hybridized carbons (Fsp3) is 0.250. The first-order valence-electron chi connectivity index (χ1n) is 5.50. The van der Waals surface area contributed by atoms with E-state index in [1.165, 1.54) is 6.20 Å². The Hall–Kier alpha value is -0.980. The monoisotopic (exact) mass is 316 g/mol. The molecule has 0 atom stereocenters. The Kier molecular flexibility index (Phi) is 4.54. The molecule has 0 N–H and O–H groups in total. The summed E-state index contributed by atoms with van der Waals surface area (Å²) in [5, 5.41) is 0.818. The highest BCUT2D eigenvalue weighted by Gasteiger charge is 2.13. The van der Waals surface area contributed by atoms with Crippen molar-refractivity contribution < 1.29 is 8.42 Å². The maximum absolute atomic E-state index is 11.5. The molecule has 0 aliphatic rings. The molecule has 2 rings (SSSR count). The van der Waals surface area contributed by atoms with Crippen LogP contribution in [0, 0.1) is 0 Å². The minimum atomic E-state index is -3.27. The topological polar surface area (TPSA) is 52.0 Å². The van der Waals surface area contributed by atoms with Crippen LogP contribution >= 0.6 is 23.4 Å². The van der Waals surface area contributed by atoms with Crippen molar-refractivity contribution in [1.82, 2.24) is 9.55 Å². The van der Waals surface area contributed by atoms with E-state index in [9.17, 15) is 8.42 Å². The number of nitrogens with zero attached hydrogens (tertiary/aromatic N) is 2. The van der Waals surface area contributed by atoms with Gasteiger partial charge >= 0.3 is 0 Å². The van der Waals surface area contributed by atoms with Crippen LogP contribution in [0.5, 0.6) is 0 Å². The molecule has 4 nitrogen and oxygen atoms in total. The van der Waals surface area contributed by atoms with Gasteiger partial charge in [-0.25, -0.2) is 13.4 Å². The summed E-state index contributed by atoms with van der Waals surface area (Å²) in [6.45, 7) is 0. The molecular formula is C12H13ClN2O2S2. The molecule has 1 heterocycles. The molecule has 0 saturated heterocycles. The molecule has 0 aliphatic heterocycles. The molecule has 1 aromatic carbocycles. The Morgan fingerprint density at radius 1 is 1.32 bits per heavy atom. The van der Waals surface area contributed by atoms with E-state index in [2.05, 4.69) is 4.98 Å². The van der Waals surface area contributed by atoms with Crippen molar-refractivity contribution in [2.24, 2.45) is 0 Å². The third kappa shape index (κ3) is 3.99. The van der Waals surface area contributed by atoms with Crippen molar-refractivity contribution in [1.29, 1.82) is 0 Å². The van der Waals surface area contributed by atoms with Gasteiger partial charge < -0.3 is 4.57 Å². The highest BCUT2D eigenvalue weighted by molar-refractivity contribution is 7.97. The van der Waals surface area contributed by atoms with Gasteiger partial charge in [0.25, 0.3) is 0 Å². The first-order valence-corrected chi connectivity index (χ1v) is 8.92.